The zero-order valence-electron chi connectivity index (χ0n) is 10.0. The minimum atomic E-state index is 0.450. The Labute approximate surface area is 111 Å². The second-order valence-electron chi connectivity index (χ2n) is 5.33. The number of hydrogen-bond donors (Lipinski definition) is 2. The summed E-state index contributed by atoms with van der Waals surface area (Å²) in [6.07, 6.45) is 4.05. The van der Waals surface area contributed by atoms with E-state index in [4.69, 9.17) is 0 Å². The van der Waals surface area contributed by atoms with Gasteiger partial charge in [0.1, 0.15) is 0 Å². The number of hydrogen-bond acceptors (Lipinski definition) is 2. The molecule has 2 fully saturated rings. The lowest BCUT2D eigenvalue weighted by Crippen LogP contribution is -2.39. The maximum atomic E-state index is 3.79. The third-order valence-electron chi connectivity index (χ3n) is 4.16. The van der Waals surface area contributed by atoms with Crippen molar-refractivity contribution in [2.24, 2.45) is 5.92 Å². The molecule has 1 saturated heterocycles. The lowest BCUT2D eigenvalue weighted by Gasteiger charge is -2.23. The van der Waals surface area contributed by atoms with Gasteiger partial charge in [-0.25, -0.2) is 0 Å². The molecule has 1 aromatic carbocycles. The minimum Gasteiger partial charge on any atom is -0.316 e. The van der Waals surface area contributed by atoms with Gasteiger partial charge in [0, 0.05) is 16.6 Å². The predicted octanol–water partition coefficient (Wildman–Crippen LogP) is 2.68. The smallest absolute Gasteiger partial charge is 0.0226 e. The van der Waals surface area contributed by atoms with E-state index >= 15 is 0 Å². The van der Waals surface area contributed by atoms with Crippen molar-refractivity contribution >= 4 is 15.9 Å². The third-order valence-corrected chi connectivity index (χ3v) is 4.66. The van der Waals surface area contributed by atoms with Crippen molar-refractivity contribution in [2.45, 2.75) is 31.3 Å². The van der Waals surface area contributed by atoms with Crippen LogP contribution in [0, 0.1) is 5.92 Å². The molecule has 2 nitrogen and oxygen atoms in total. The normalized spacial score (nSPS) is 26.1. The Morgan fingerprint density at radius 1 is 1.41 bits per heavy atom. The molecule has 2 aliphatic rings. The van der Waals surface area contributed by atoms with Crippen LogP contribution in [0.3, 0.4) is 0 Å². The molecule has 1 aromatic rings. The number of rotatable bonds is 4. The summed E-state index contributed by atoms with van der Waals surface area (Å²) < 4.78 is 1.17. The summed E-state index contributed by atoms with van der Waals surface area (Å²) in [5.74, 6) is 0.842. The van der Waals surface area contributed by atoms with Crippen LogP contribution in [0.2, 0.25) is 0 Å². The van der Waals surface area contributed by atoms with Crippen LogP contribution in [0.1, 0.15) is 24.8 Å². The standard InChI is InChI=1S/C14H19BrN2/c15-13-3-1-2-11(8-13)9-17-14(5-6-14)12-4-7-16-10-12/h1-3,8,12,16-17H,4-7,9-10H2. The maximum Gasteiger partial charge on any atom is 0.0226 e. The van der Waals surface area contributed by atoms with Gasteiger partial charge >= 0.3 is 0 Å². The first-order valence-electron chi connectivity index (χ1n) is 6.49. The van der Waals surface area contributed by atoms with E-state index in [-0.39, 0.29) is 0 Å². The van der Waals surface area contributed by atoms with Gasteiger partial charge in [-0.3, -0.25) is 0 Å². The largest absolute Gasteiger partial charge is 0.316 e. The molecule has 0 spiro atoms. The quantitative estimate of drug-likeness (QED) is 0.892. The highest BCUT2D eigenvalue weighted by atomic mass is 79.9. The van der Waals surface area contributed by atoms with E-state index in [0.29, 0.717) is 5.54 Å². The van der Waals surface area contributed by atoms with Gasteiger partial charge in [-0.05, 0) is 56.0 Å². The first-order chi connectivity index (χ1) is 8.28. The first kappa shape index (κ1) is 11.7. The average molecular weight is 295 g/mol. The molecule has 1 heterocycles. The topological polar surface area (TPSA) is 24.1 Å². The van der Waals surface area contributed by atoms with E-state index in [2.05, 4.69) is 50.8 Å². The summed E-state index contributed by atoms with van der Waals surface area (Å²) in [6, 6.07) is 8.59. The van der Waals surface area contributed by atoms with Crippen LogP contribution in [0.5, 0.6) is 0 Å². The van der Waals surface area contributed by atoms with E-state index in [9.17, 15) is 0 Å². The number of halogens is 1. The van der Waals surface area contributed by atoms with E-state index in [1.165, 1.54) is 42.4 Å². The molecule has 1 unspecified atom stereocenters. The fourth-order valence-electron chi connectivity index (χ4n) is 2.92. The van der Waals surface area contributed by atoms with Crippen LogP contribution >= 0.6 is 15.9 Å². The van der Waals surface area contributed by atoms with Crippen molar-refractivity contribution in [3.05, 3.63) is 34.3 Å². The zero-order valence-corrected chi connectivity index (χ0v) is 11.6. The van der Waals surface area contributed by atoms with E-state index in [0.717, 1.165) is 12.5 Å². The highest BCUT2D eigenvalue weighted by molar-refractivity contribution is 9.10. The molecule has 1 aliphatic carbocycles. The fourth-order valence-corrected chi connectivity index (χ4v) is 3.36. The van der Waals surface area contributed by atoms with Crippen LogP contribution in [0.25, 0.3) is 0 Å². The van der Waals surface area contributed by atoms with Crippen molar-refractivity contribution in [1.29, 1.82) is 0 Å². The summed E-state index contributed by atoms with van der Waals surface area (Å²) >= 11 is 3.53. The van der Waals surface area contributed by atoms with Crippen LogP contribution in [0.15, 0.2) is 28.7 Å². The van der Waals surface area contributed by atoms with Gasteiger partial charge in [0.05, 0.1) is 0 Å². The highest BCUT2D eigenvalue weighted by Crippen LogP contribution is 2.44. The summed E-state index contributed by atoms with van der Waals surface area (Å²) in [5.41, 5.74) is 1.82. The molecule has 0 radical (unpaired) electrons. The molecule has 3 rings (SSSR count). The Morgan fingerprint density at radius 2 is 2.29 bits per heavy atom. The van der Waals surface area contributed by atoms with Gasteiger partial charge in [0.15, 0.2) is 0 Å². The molecule has 3 heteroatoms. The molecular formula is C14H19BrN2. The molecule has 1 aliphatic heterocycles. The molecule has 0 bridgehead atoms. The van der Waals surface area contributed by atoms with E-state index in [1.54, 1.807) is 0 Å². The summed E-state index contributed by atoms with van der Waals surface area (Å²) in [5, 5.41) is 7.27. The van der Waals surface area contributed by atoms with Gasteiger partial charge in [0.2, 0.25) is 0 Å². The fraction of sp³-hybridized carbons (Fsp3) is 0.571. The third kappa shape index (κ3) is 2.56. The summed E-state index contributed by atoms with van der Waals surface area (Å²) in [6.45, 7) is 3.40. The van der Waals surface area contributed by atoms with Crippen molar-refractivity contribution in [3.8, 4) is 0 Å². The van der Waals surface area contributed by atoms with E-state index < -0.39 is 0 Å². The number of nitrogens with one attached hydrogen (secondary N) is 2. The van der Waals surface area contributed by atoms with Crippen LogP contribution in [-0.2, 0) is 6.54 Å². The Hall–Kier alpha value is -0.380. The lowest BCUT2D eigenvalue weighted by atomic mass is 9.96. The molecule has 1 saturated carbocycles. The zero-order chi connectivity index (χ0) is 11.7. The van der Waals surface area contributed by atoms with Gasteiger partial charge in [-0.15, -0.1) is 0 Å². The minimum absolute atomic E-state index is 0.450. The first-order valence-corrected chi connectivity index (χ1v) is 7.28. The molecule has 92 valence electrons. The van der Waals surface area contributed by atoms with Crippen molar-refractivity contribution < 1.29 is 0 Å². The van der Waals surface area contributed by atoms with Crippen molar-refractivity contribution in [2.75, 3.05) is 13.1 Å². The van der Waals surface area contributed by atoms with Gasteiger partial charge < -0.3 is 10.6 Å². The second kappa shape index (κ2) is 4.71. The van der Waals surface area contributed by atoms with E-state index in [1.807, 2.05) is 0 Å². The van der Waals surface area contributed by atoms with Gasteiger partial charge in [-0.2, -0.15) is 0 Å². The van der Waals surface area contributed by atoms with Crippen molar-refractivity contribution in [1.82, 2.24) is 10.6 Å². The Kier molecular flexibility index (Phi) is 3.24. The average Bonchev–Trinajstić information content (AvgIpc) is 2.91. The maximum absolute atomic E-state index is 3.79. The molecule has 17 heavy (non-hydrogen) atoms. The summed E-state index contributed by atoms with van der Waals surface area (Å²) in [7, 11) is 0. The number of benzene rings is 1. The van der Waals surface area contributed by atoms with Gasteiger partial charge in [0.25, 0.3) is 0 Å². The Bertz CT molecular complexity index is 395. The monoisotopic (exact) mass is 294 g/mol. The van der Waals surface area contributed by atoms with Crippen LogP contribution < -0.4 is 10.6 Å². The van der Waals surface area contributed by atoms with Crippen LogP contribution in [-0.4, -0.2) is 18.6 Å². The molecule has 2 N–H and O–H groups in total. The SMILES string of the molecule is Brc1cccc(CNC2(C3CCNC3)CC2)c1. The Morgan fingerprint density at radius 3 is 2.94 bits per heavy atom. The second-order valence-corrected chi connectivity index (χ2v) is 6.25. The Balaban J connectivity index is 1.60. The molecular weight excluding hydrogens is 276 g/mol. The highest BCUT2D eigenvalue weighted by Gasteiger charge is 2.49. The molecule has 0 aromatic heterocycles. The van der Waals surface area contributed by atoms with Crippen LogP contribution in [0.4, 0.5) is 0 Å². The summed E-state index contributed by atoms with van der Waals surface area (Å²) in [4.78, 5) is 0. The molecule has 1 atom stereocenters. The predicted molar refractivity (Wildman–Crippen MR) is 73.9 cm³/mol. The lowest BCUT2D eigenvalue weighted by molar-refractivity contribution is 0.352. The van der Waals surface area contributed by atoms with Crippen molar-refractivity contribution in [3.63, 3.8) is 0 Å². The molecule has 0 amide bonds. The van der Waals surface area contributed by atoms with Gasteiger partial charge in [-0.1, -0.05) is 28.1 Å².